The first-order valence-corrected chi connectivity index (χ1v) is 9.06. The Balaban J connectivity index is 1.86. The molecule has 2 heterocycles. The molecule has 126 valence electrons. The first-order valence-electron chi connectivity index (χ1n) is 7.21. The van der Waals surface area contributed by atoms with E-state index in [2.05, 4.69) is 10.3 Å². The van der Waals surface area contributed by atoms with Crippen LogP contribution in [0, 0.1) is 5.92 Å². The number of hydrogen-bond donors (Lipinski definition) is 2. The molecule has 8 nitrogen and oxygen atoms in total. The zero-order chi connectivity index (χ0) is 17.0. The molecule has 0 bridgehead atoms. The van der Waals surface area contributed by atoms with Gasteiger partial charge in [-0.25, -0.2) is 22.5 Å². The van der Waals surface area contributed by atoms with E-state index in [0.717, 1.165) is 0 Å². The summed E-state index contributed by atoms with van der Waals surface area (Å²) in [5.41, 5.74) is -0.127. The summed E-state index contributed by atoms with van der Waals surface area (Å²) >= 11 is 0. The number of nitrogens with one attached hydrogen (secondary N) is 1. The zero-order valence-electron chi connectivity index (χ0n) is 12.7. The van der Waals surface area contributed by atoms with Crippen LogP contribution in [0.25, 0.3) is 0 Å². The van der Waals surface area contributed by atoms with E-state index in [9.17, 15) is 18.0 Å². The van der Waals surface area contributed by atoms with Crippen LogP contribution < -0.4 is 5.32 Å². The lowest BCUT2D eigenvalue weighted by Gasteiger charge is -2.30. The molecule has 2 rings (SSSR count). The van der Waals surface area contributed by atoms with Gasteiger partial charge in [-0.3, -0.25) is 4.79 Å². The Labute approximate surface area is 134 Å². The molecule has 1 aromatic heterocycles. The summed E-state index contributed by atoms with van der Waals surface area (Å²) in [6, 6.07) is 4.24. The molecule has 0 aliphatic carbocycles. The second-order valence-corrected chi connectivity index (χ2v) is 7.51. The normalized spacial score (nSPS) is 16.9. The van der Waals surface area contributed by atoms with Gasteiger partial charge in [0.15, 0.2) is 0 Å². The first kappa shape index (κ1) is 17.4. The van der Waals surface area contributed by atoms with Crippen LogP contribution in [0.2, 0.25) is 0 Å². The highest BCUT2D eigenvalue weighted by Gasteiger charge is 2.25. The molecule has 0 atom stereocenters. The molecule has 1 aliphatic heterocycles. The fraction of sp³-hybridized carbons (Fsp3) is 0.500. The average Bonchev–Trinajstić information content (AvgIpc) is 2.52. The Morgan fingerprint density at radius 2 is 1.91 bits per heavy atom. The minimum atomic E-state index is -3.16. The Morgan fingerprint density at radius 3 is 2.48 bits per heavy atom. The summed E-state index contributed by atoms with van der Waals surface area (Å²) in [4.78, 5) is 26.6. The zero-order valence-corrected chi connectivity index (χ0v) is 13.5. The number of nitrogens with zero attached hydrogens (tertiary/aromatic N) is 2. The number of rotatable bonds is 5. The summed E-state index contributed by atoms with van der Waals surface area (Å²) < 4.78 is 24.3. The van der Waals surface area contributed by atoms with Gasteiger partial charge >= 0.3 is 5.97 Å². The third kappa shape index (κ3) is 4.73. The highest BCUT2D eigenvalue weighted by molar-refractivity contribution is 7.88. The van der Waals surface area contributed by atoms with Crippen molar-refractivity contribution in [3.8, 4) is 0 Å². The van der Waals surface area contributed by atoms with Crippen LogP contribution in [0.5, 0.6) is 0 Å². The monoisotopic (exact) mass is 341 g/mol. The maximum absolute atomic E-state index is 12.0. The van der Waals surface area contributed by atoms with Crippen molar-refractivity contribution in [1.82, 2.24) is 14.6 Å². The van der Waals surface area contributed by atoms with E-state index in [0.29, 0.717) is 32.5 Å². The Hall–Kier alpha value is -2.00. The molecule has 23 heavy (non-hydrogen) atoms. The summed E-state index contributed by atoms with van der Waals surface area (Å²) in [7, 11) is -3.16. The third-order valence-electron chi connectivity index (χ3n) is 3.79. The van der Waals surface area contributed by atoms with Crippen molar-refractivity contribution in [2.24, 2.45) is 5.92 Å². The van der Waals surface area contributed by atoms with Gasteiger partial charge in [0.25, 0.3) is 5.91 Å². The number of hydrogen-bond acceptors (Lipinski definition) is 5. The van der Waals surface area contributed by atoms with E-state index in [4.69, 9.17) is 5.11 Å². The quantitative estimate of drug-likeness (QED) is 0.789. The van der Waals surface area contributed by atoms with Crippen LogP contribution in [-0.2, 0) is 10.0 Å². The van der Waals surface area contributed by atoms with Crippen molar-refractivity contribution >= 4 is 21.9 Å². The van der Waals surface area contributed by atoms with Gasteiger partial charge in [0.1, 0.15) is 11.4 Å². The van der Waals surface area contributed by atoms with Gasteiger partial charge in [0.2, 0.25) is 10.0 Å². The van der Waals surface area contributed by atoms with Crippen molar-refractivity contribution in [3.05, 3.63) is 29.6 Å². The number of piperidine rings is 1. The van der Waals surface area contributed by atoms with E-state index in [1.807, 2.05) is 0 Å². The molecule has 0 radical (unpaired) electrons. The second kappa shape index (κ2) is 7.05. The number of carbonyl (C=O) groups is 2. The molecule has 9 heteroatoms. The predicted molar refractivity (Wildman–Crippen MR) is 82.7 cm³/mol. The maximum atomic E-state index is 12.0. The fourth-order valence-electron chi connectivity index (χ4n) is 2.45. The van der Waals surface area contributed by atoms with Gasteiger partial charge < -0.3 is 10.4 Å². The van der Waals surface area contributed by atoms with Gasteiger partial charge in [0, 0.05) is 19.6 Å². The summed E-state index contributed by atoms with van der Waals surface area (Å²) in [5, 5.41) is 11.6. The lowest BCUT2D eigenvalue weighted by Crippen LogP contribution is -2.41. The standard InChI is InChI=1S/C14H19N3O5S/c1-23(21,22)17-7-5-10(6-8-17)9-15-13(18)11-3-2-4-12(16-11)14(19)20/h2-4,10H,5-9H2,1H3,(H,15,18)(H,19,20). The number of aromatic nitrogens is 1. The molecular formula is C14H19N3O5S. The summed E-state index contributed by atoms with van der Waals surface area (Å²) in [6.45, 7) is 1.31. The topological polar surface area (TPSA) is 117 Å². The Bertz CT molecular complexity index is 696. The van der Waals surface area contributed by atoms with Gasteiger partial charge in [-0.2, -0.15) is 0 Å². The molecule has 0 unspecified atom stereocenters. The number of amides is 1. The SMILES string of the molecule is CS(=O)(=O)N1CCC(CNC(=O)c2cccc(C(=O)O)n2)CC1. The van der Waals surface area contributed by atoms with E-state index in [-0.39, 0.29) is 17.3 Å². The smallest absolute Gasteiger partial charge is 0.354 e. The largest absolute Gasteiger partial charge is 0.477 e. The molecule has 1 amide bonds. The minimum absolute atomic E-state index is 0.0541. The van der Waals surface area contributed by atoms with Crippen LogP contribution >= 0.6 is 0 Å². The number of carboxylic acids is 1. The van der Waals surface area contributed by atoms with Gasteiger partial charge in [0.05, 0.1) is 6.26 Å². The van der Waals surface area contributed by atoms with E-state index in [1.54, 1.807) is 0 Å². The number of pyridine rings is 1. The van der Waals surface area contributed by atoms with Crippen LogP contribution in [0.3, 0.4) is 0 Å². The van der Waals surface area contributed by atoms with Gasteiger partial charge in [-0.05, 0) is 30.9 Å². The van der Waals surface area contributed by atoms with Crippen molar-refractivity contribution in [2.75, 3.05) is 25.9 Å². The molecule has 2 N–H and O–H groups in total. The lowest BCUT2D eigenvalue weighted by molar-refractivity contribution is 0.0690. The molecule has 1 fully saturated rings. The number of aromatic carboxylic acids is 1. The molecule has 1 aromatic rings. The van der Waals surface area contributed by atoms with Gasteiger partial charge in [-0.15, -0.1) is 0 Å². The highest BCUT2D eigenvalue weighted by atomic mass is 32.2. The molecule has 0 spiro atoms. The average molecular weight is 341 g/mol. The Kier molecular flexibility index (Phi) is 5.32. The summed E-state index contributed by atoms with van der Waals surface area (Å²) in [5.74, 6) is -1.42. The lowest BCUT2D eigenvalue weighted by atomic mass is 9.98. The van der Waals surface area contributed by atoms with Crippen molar-refractivity contribution < 1.29 is 23.1 Å². The third-order valence-corrected chi connectivity index (χ3v) is 5.10. The van der Waals surface area contributed by atoms with Crippen molar-refractivity contribution in [2.45, 2.75) is 12.8 Å². The Morgan fingerprint density at radius 1 is 1.30 bits per heavy atom. The predicted octanol–water partition coefficient (Wildman–Crippen LogP) is 0.181. The number of carbonyl (C=O) groups excluding carboxylic acids is 1. The van der Waals surface area contributed by atoms with Gasteiger partial charge in [-0.1, -0.05) is 6.07 Å². The molecule has 1 saturated heterocycles. The molecule has 0 aromatic carbocycles. The number of carboxylic acid groups (broad SMARTS) is 1. The van der Waals surface area contributed by atoms with Crippen LogP contribution in [0.4, 0.5) is 0 Å². The maximum Gasteiger partial charge on any atom is 0.354 e. The van der Waals surface area contributed by atoms with Crippen molar-refractivity contribution in [1.29, 1.82) is 0 Å². The van der Waals surface area contributed by atoms with E-state index < -0.39 is 21.9 Å². The molecule has 1 aliphatic rings. The molecule has 0 saturated carbocycles. The second-order valence-electron chi connectivity index (χ2n) is 5.53. The van der Waals surface area contributed by atoms with Crippen LogP contribution in [0.1, 0.15) is 33.8 Å². The van der Waals surface area contributed by atoms with Crippen LogP contribution in [0.15, 0.2) is 18.2 Å². The minimum Gasteiger partial charge on any atom is -0.477 e. The fourth-order valence-corrected chi connectivity index (χ4v) is 3.33. The number of sulfonamides is 1. The molecular weight excluding hydrogens is 322 g/mol. The van der Waals surface area contributed by atoms with E-state index >= 15 is 0 Å². The van der Waals surface area contributed by atoms with E-state index in [1.165, 1.54) is 28.8 Å². The highest BCUT2D eigenvalue weighted by Crippen LogP contribution is 2.18. The first-order chi connectivity index (χ1) is 10.8. The summed E-state index contributed by atoms with van der Waals surface area (Å²) in [6.07, 6.45) is 2.54. The van der Waals surface area contributed by atoms with Crippen LogP contribution in [-0.4, -0.2) is 60.6 Å². The van der Waals surface area contributed by atoms with Crippen molar-refractivity contribution in [3.63, 3.8) is 0 Å².